The molecule has 0 saturated carbocycles. The second-order valence-corrected chi connectivity index (χ2v) is 3.67. The molecule has 18 heavy (non-hydrogen) atoms. The average Bonchev–Trinajstić information content (AvgIpc) is 2.35. The monoisotopic (exact) mass is 252 g/mol. The first-order valence-electron chi connectivity index (χ1n) is 5.59. The van der Waals surface area contributed by atoms with Crippen molar-refractivity contribution in [3.8, 4) is 5.75 Å². The molecule has 0 radical (unpaired) electrons. The Bertz CT molecular complexity index is 394. The maximum Gasteiger partial charge on any atom is 0.413 e. The lowest BCUT2D eigenvalue weighted by molar-refractivity contribution is -0.139. The van der Waals surface area contributed by atoms with E-state index in [2.05, 4.69) is 5.32 Å². The molecule has 6 nitrogen and oxygen atoms in total. The van der Waals surface area contributed by atoms with E-state index < -0.39 is 18.1 Å². The lowest BCUT2D eigenvalue weighted by Gasteiger charge is -2.13. The molecule has 1 rings (SSSR count). The van der Waals surface area contributed by atoms with E-state index in [1.54, 1.807) is 30.3 Å². The van der Waals surface area contributed by atoms with Gasteiger partial charge in [-0.25, -0.2) is 9.59 Å². The van der Waals surface area contributed by atoms with Crippen LogP contribution in [0.2, 0.25) is 0 Å². The predicted molar refractivity (Wildman–Crippen MR) is 65.3 cm³/mol. The lowest BCUT2D eigenvalue weighted by Crippen LogP contribution is -2.42. The summed E-state index contributed by atoms with van der Waals surface area (Å²) in [6.07, 6.45) is 0.00353. The minimum atomic E-state index is -1.10. The van der Waals surface area contributed by atoms with Gasteiger partial charge in [-0.1, -0.05) is 18.2 Å². The van der Waals surface area contributed by atoms with E-state index in [9.17, 15) is 9.59 Å². The molecule has 6 heteroatoms. The highest BCUT2D eigenvalue weighted by Gasteiger charge is 2.20. The molecule has 0 bridgehead atoms. The van der Waals surface area contributed by atoms with Crippen LogP contribution in [0.4, 0.5) is 4.79 Å². The molecule has 0 saturated heterocycles. The van der Waals surface area contributed by atoms with Gasteiger partial charge in [-0.15, -0.1) is 0 Å². The van der Waals surface area contributed by atoms with Crippen LogP contribution in [0.15, 0.2) is 30.3 Å². The van der Waals surface area contributed by atoms with Gasteiger partial charge in [0.25, 0.3) is 0 Å². The minimum absolute atomic E-state index is 0.274. The van der Waals surface area contributed by atoms with E-state index in [4.69, 9.17) is 15.6 Å². The second kappa shape index (κ2) is 7.29. The summed E-state index contributed by atoms with van der Waals surface area (Å²) in [6.45, 7) is 0.374. The van der Waals surface area contributed by atoms with Gasteiger partial charge in [0.1, 0.15) is 11.8 Å². The molecule has 0 heterocycles. The van der Waals surface area contributed by atoms with E-state index in [0.717, 1.165) is 0 Å². The number of carbonyl (C=O) groups excluding carboxylic acids is 1. The van der Waals surface area contributed by atoms with E-state index in [0.29, 0.717) is 18.7 Å². The van der Waals surface area contributed by atoms with Crippen LogP contribution in [-0.2, 0) is 4.79 Å². The smallest absolute Gasteiger partial charge is 0.413 e. The molecule has 1 aromatic carbocycles. The SMILES string of the molecule is NCCC[C@@H](NC(=O)Oc1ccccc1)C(=O)O. The lowest BCUT2D eigenvalue weighted by atomic mass is 10.1. The number of aliphatic carboxylic acids is 1. The van der Waals surface area contributed by atoms with Crippen LogP contribution >= 0.6 is 0 Å². The number of carboxylic acids is 1. The van der Waals surface area contributed by atoms with Crippen molar-refractivity contribution < 1.29 is 19.4 Å². The molecule has 0 aliphatic rings. The first-order chi connectivity index (χ1) is 8.63. The van der Waals surface area contributed by atoms with E-state index in [1.165, 1.54) is 0 Å². The Balaban J connectivity index is 2.48. The summed E-state index contributed by atoms with van der Waals surface area (Å²) in [7, 11) is 0. The number of nitrogens with one attached hydrogen (secondary N) is 1. The van der Waals surface area contributed by atoms with E-state index >= 15 is 0 Å². The fourth-order valence-electron chi connectivity index (χ4n) is 1.35. The van der Waals surface area contributed by atoms with Gasteiger partial charge in [-0.3, -0.25) is 0 Å². The fraction of sp³-hybridized carbons (Fsp3) is 0.333. The topological polar surface area (TPSA) is 102 Å². The van der Waals surface area contributed by atoms with Gasteiger partial charge in [0.15, 0.2) is 0 Å². The zero-order valence-corrected chi connectivity index (χ0v) is 9.83. The Hall–Kier alpha value is -2.08. The molecule has 98 valence electrons. The number of benzene rings is 1. The van der Waals surface area contributed by atoms with Crippen molar-refractivity contribution in [3.63, 3.8) is 0 Å². The summed E-state index contributed by atoms with van der Waals surface area (Å²) in [4.78, 5) is 22.3. The summed E-state index contributed by atoms with van der Waals surface area (Å²) < 4.78 is 4.93. The van der Waals surface area contributed by atoms with Crippen LogP contribution < -0.4 is 15.8 Å². The van der Waals surface area contributed by atoms with Gasteiger partial charge >= 0.3 is 12.1 Å². The van der Waals surface area contributed by atoms with Gasteiger partial charge in [-0.05, 0) is 31.5 Å². The van der Waals surface area contributed by atoms with E-state index in [1.807, 2.05) is 0 Å². The number of amides is 1. The summed E-state index contributed by atoms with van der Waals surface area (Å²) in [6, 6.07) is 7.44. The predicted octanol–water partition coefficient (Wildman–Crippen LogP) is 0.967. The molecule has 1 atom stereocenters. The molecular formula is C12H16N2O4. The number of rotatable bonds is 6. The largest absolute Gasteiger partial charge is 0.480 e. The molecular weight excluding hydrogens is 236 g/mol. The standard InChI is InChI=1S/C12H16N2O4/c13-8-4-7-10(11(15)16)14-12(17)18-9-5-2-1-3-6-9/h1-3,5-6,10H,4,7-8,13H2,(H,14,17)(H,15,16)/t10-/m1/s1. The Morgan fingerprint density at radius 3 is 2.56 bits per heavy atom. The molecule has 0 aromatic heterocycles. The number of carbonyl (C=O) groups is 2. The Kier molecular flexibility index (Phi) is 5.66. The summed E-state index contributed by atoms with van der Waals surface area (Å²) in [5.74, 6) is -0.744. The van der Waals surface area contributed by atoms with Crippen LogP contribution in [0, 0.1) is 0 Å². The summed E-state index contributed by atoms with van der Waals surface area (Å²) >= 11 is 0. The van der Waals surface area contributed by atoms with Crippen molar-refractivity contribution in [2.75, 3.05) is 6.54 Å². The molecule has 1 aromatic rings. The number of carboxylic acid groups (broad SMARTS) is 1. The van der Waals surface area contributed by atoms with Crippen molar-refractivity contribution in [2.24, 2.45) is 5.73 Å². The highest BCUT2D eigenvalue weighted by molar-refractivity contribution is 5.80. The number of para-hydroxylation sites is 1. The number of nitrogens with two attached hydrogens (primary N) is 1. The third kappa shape index (κ3) is 4.84. The van der Waals surface area contributed by atoms with Crippen molar-refractivity contribution in [2.45, 2.75) is 18.9 Å². The third-order valence-electron chi connectivity index (χ3n) is 2.24. The van der Waals surface area contributed by atoms with Crippen LogP contribution in [0.3, 0.4) is 0 Å². The van der Waals surface area contributed by atoms with Crippen molar-refractivity contribution >= 4 is 12.1 Å². The minimum Gasteiger partial charge on any atom is -0.480 e. The molecule has 0 aliphatic carbocycles. The number of ether oxygens (including phenoxy) is 1. The second-order valence-electron chi connectivity index (χ2n) is 3.67. The third-order valence-corrected chi connectivity index (χ3v) is 2.24. The maximum atomic E-state index is 11.5. The molecule has 1 amide bonds. The highest BCUT2D eigenvalue weighted by atomic mass is 16.6. The van der Waals surface area contributed by atoms with Crippen LogP contribution in [0.25, 0.3) is 0 Å². The Morgan fingerprint density at radius 2 is 2.00 bits per heavy atom. The molecule has 0 unspecified atom stereocenters. The van der Waals surface area contributed by atoms with Crippen molar-refractivity contribution in [1.29, 1.82) is 0 Å². The highest BCUT2D eigenvalue weighted by Crippen LogP contribution is 2.08. The molecule has 0 aliphatic heterocycles. The maximum absolute atomic E-state index is 11.5. The quantitative estimate of drug-likeness (QED) is 0.700. The first kappa shape index (κ1) is 14.0. The molecule has 0 spiro atoms. The Labute approximate surface area is 105 Å². The first-order valence-corrected chi connectivity index (χ1v) is 5.59. The Morgan fingerprint density at radius 1 is 1.33 bits per heavy atom. The van der Waals surface area contributed by atoms with Gasteiger partial charge in [0.05, 0.1) is 0 Å². The van der Waals surface area contributed by atoms with Crippen molar-refractivity contribution in [1.82, 2.24) is 5.32 Å². The van der Waals surface area contributed by atoms with Crippen molar-refractivity contribution in [3.05, 3.63) is 30.3 Å². The normalized spacial score (nSPS) is 11.6. The van der Waals surface area contributed by atoms with Crippen LogP contribution in [0.1, 0.15) is 12.8 Å². The number of hydrogen-bond acceptors (Lipinski definition) is 4. The average molecular weight is 252 g/mol. The van der Waals surface area contributed by atoms with E-state index in [-0.39, 0.29) is 6.42 Å². The molecule has 0 fully saturated rings. The van der Waals surface area contributed by atoms with Gasteiger partial charge in [0, 0.05) is 0 Å². The zero-order chi connectivity index (χ0) is 13.4. The fourth-order valence-corrected chi connectivity index (χ4v) is 1.35. The van der Waals surface area contributed by atoms with Crippen LogP contribution in [-0.4, -0.2) is 29.8 Å². The van der Waals surface area contributed by atoms with Gasteiger partial charge < -0.3 is 20.9 Å². The molecule has 4 N–H and O–H groups in total. The summed E-state index contributed by atoms with van der Waals surface area (Å²) in [5.41, 5.74) is 5.29. The number of hydrogen-bond donors (Lipinski definition) is 3. The van der Waals surface area contributed by atoms with Gasteiger partial charge in [-0.2, -0.15) is 0 Å². The van der Waals surface area contributed by atoms with Gasteiger partial charge in [0.2, 0.25) is 0 Å². The zero-order valence-electron chi connectivity index (χ0n) is 9.83. The van der Waals surface area contributed by atoms with Crippen LogP contribution in [0.5, 0.6) is 5.75 Å². The summed E-state index contributed by atoms with van der Waals surface area (Å²) in [5, 5.41) is 11.2.